The number of ether oxygens (including phenoxy) is 1. The second-order valence-electron chi connectivity index (χ2n) is 7.80. The van der Waals surface area contributed by atoms with Gasteiger partial charge in [0.25, 0.3) is 0 Å². The highest BCUT2D eigenvalue weighted by molar-refractivity contribution is 7.99. The zero-order valence-electron chi connectivity index (χ0n) is 17.8. The fraction of sp³-hybridized carbons (Fsp3) is 0.304. The van der Waals surface area contributed by atoms with E-state index in [9.17, 15) is 14.0 Å². The topological polar surface area (TPSA) is 80.6 Å². The van der Waals surface area contributed by atoms with Crippen LogP contribution in [0.1, 0.15) is 15.9 Å². The lowest BCUT2D eigenvalue weighted by molar-refractivity contribution is -0.107. The zero-order valence-corrected chi connectivity index (χ0v) is 18.6. The summed E-state index contributed by atoms with van der Waals surface area (Å²) in [6, 6.07) is 11.7. The van der Waals surface area contributed by atoms with Gasteiger partial charge in [-0.15, -0.1) is 10.2 Å². The maximum Gasteiger partial charge on any atom is 0.232 e. The average molecular weight is 468 g/mol. The van der Waals surface area contributed by atoms with Crippen LogP contribution in [0.2, 0.25) is 0 Å². The number of rotatable bonds is 7. The van der Waals surface area contributed by atoms with Gasteiger partial charge in [0.15, 0.2) is 10.9 Å². The fourth-order valence-corrected chi connectivity index (χ4v) is 4.93. The number of Topliss-reactive ketones (excluding diaryl/α,β-unsaturated/α-hetero) is 1. The van der Waals surface area contributed by atoms with Crippen LogP contribution >= 0.6 is 11.8 Å². The van der Waals surface area contributed by atoms with Gasteiger partial charge in [-0.2, -0.15) is 0 Å². The first kappa shape index (κ1) is 21.6. The molecule has 8 nitrogen and oxygen atoms in total. The summed E-state index contributed by atoms with van der Waals surface area (Å²) in [6.45, 7) is 3.11. The highest BCUT2D eigenvalue weighted by Gasteiger charge is 2.24. The molecule has 1 fully saturated rings. The first-order valence-corrected chi connectivity index (χ1v) is 11.7. The quantitative estimate of drug-likeness (QED) is 0.300. The van der Waals surface area contributed by atoms with Crippen LogP contribution in [0.5, 0.6) is 0 Å². The van der Waals surface area contributed by atoms with Gasteiger partial charge >= 0.3 is 0 Å². The van der Waals surface area contributed by atoms with Crippen LogP contribution in [0, 0.1) is 5.82 Å². The Hall–Kier alpha value is -3.24. The molecule has 0 radical (unpaired) electrons. The Morgan fingerprint density at radius 3 is 2.76 bits per heavy atom. The number of hydrogen-bond acceptors (Lipinski definition) is 7. The van der Waals surface area contributed by atoms with Crippen molar-refractivity contribution in [3.05, 3.63) is 59.4 Å². The molecule has 0 N–H and O–H groups in total. The third-order valence-corrected chi connectivity index (χ3v) is 6.70. The molecule has 1 saturated heterocycles. The molecule has 0 atom stereocenters. The predicted molar refractivity (Wildman–Crippen MR) is 123 cm³/mol. The summed E-state index contributed by atoms with van der Waals surface area (Å²) in [4.78, 5) is 27.8. The van der Waals surface area contributed by atoms with Gasteiger partial charge in [-0.1, -0.05) is 17.8 Å². The predicted octanol–water partition coefficient (Wildman–Crippen LogP) is 2.74. The lowest BCUT2D eigenvalue weighted by Crippen LogP contribution is -2.37. The molecule has 0 unspecified atom stereocenters. The molecule has 170 valence electrons. The first-order valence-electron chi connectivity index (χ1n) is 10.7. The van der Waals surface area contributed by atoms with E-state index < -0.39 is 0 Å². The van der Waals surface area contributed by atoms with Gasteiger partial charge in [-0.25, -0.2) is 4.39 Å². The molecule has 2 aromatic carbocycles. The lowest BCUT2D eigenvalue weighted by atomic mass is 10.1. The number of carbonyl (C=O) groups excluding carboxylic acids is 2. The minimum absolute atomic E-state index is 0.0472. The van der Waals surface area contributed by atoms with Gasteiger partial charge in [0.2, 0.25) is 12.4 Å². The first-order chi connectivity index (χ1) is 16.1. The van der Waals surface area contributed by atoms with E-state index >= 15 is 0 Å². The maximum atomic E-state index is 14.0. The van der Waals surface area contributed by atoms with E-state index in [0.717, 1.165) is 24.1 Å². The highest BCUT2D eigenvalue weighted by Crippen LogP contribution is 2.30. The number of halogens is 1. The Labute approximate surface area is 194 Å². The van der Waals surface area contributed by atoms with Crippen LogP contribution in [-0.2, 0) is 16.0 Å². The minimum Gasteiger partial charge on any atom is -0.378 e. The van der Waals surface area contributed by atoms with Crippen LogP contribution in [-0.4, -0.2) is 65.6 Å². The molecule has 1 amide bonds. The van der Waals surface area contributed by atoms with Gasteiger partial charge in [0.1, 0.15) is 5.82 Å². The van der Waals surface area contributed by atoms with Gasteiger partial charge in [0.05, 0.1) is 24.7 Å². The number of anilines is 2. The summed E-state index contributed by atoms with van der Waals surface area (Å²) in [5.74, 6) is 0.357. The van der Waals surface area contributed by atoms with Crippen molar-refractivity contribution in [3.8, 4) is 5.69 Å². The Kier molecular flexibility index (Phi) is 6.10. The van der Waals surface area contributed by atoms with Crippen LogP contribution in [0.3, 0.4) is 0 Å². The van der Waals surface area contributed by atoms with E-state index in [1.54, 1.807) is 27.7 Å². The van der Waals surface area contributed by atoms with Crippen molar-refractivity contribution >= 4 is 35.6 Å². The van der Waals surface area contributed by atoms with Crippen molar-refractivity contribution in [3.63, 3.8) is 0 Å². The summed E-state index contributed by atoms with van der Waals surface area (Å²) >= 11 is 1.27. The van der Waals surface area contributed by atoms with Crippen molar-refractivity contribution in [2.75, 3.05) is 48.4 Å². The van der Waals surface area contributed by atoms with E-state index in [0.29, 0.717) is 55.2 Å². The number of aromatic nitrogens is 3. The summed E-state index contributed by atoms with van der Waals surface area (Å²) in [5, 5.41) is 9.18. The lowest BCUT2D eigenvalue weighted by Gasteiger charge is -2.27. The smallest absolute Gasteiger partial charge is 0.232 e. The maximum absolute atomic E-state index is 14.0. The summed E-state index contributed by atoms with van der Waals surface area (Å²) in [6.07, 6.45) is 1.55. The highest BCUT2D eigenvalue weighted by atomic mass is 32.2. The SMILES string of the molecule is O=CN1CCc2cc(C(=O)CSc3nnc(N4CCOCC4)n3-c3cccc(F)c3)ccc21. The van der Waals surface area contributed by atoms with Gasteiger partial charge < -0.3 is 14.5 Å². The normalized spacial score (nSPS) is 15.5. The van der Waals surface area contributed by atoms with Crippen LogP contribution in [0.15, 0.2) is 47.6 Å². The van der Waals surface area contributed by atoms with E-state index in [-0.39, 0.29) is 17.4 Å². The number of amides is 1. The van der Waals surface area contributed by atoms with E-state index in [1.807, 2.05) is 17.0 Å². The number of fused-ring (bicyclic) bond motifs is 1. The monoisotopic (exact) mass is 467 g/mol. The van der Waals surface area contributed by atoms with Crippen molar-refractivity contribution in [2.24, 2.45) is 0 Å². The molecule has 0 spiro atoms. The Bertz CT molecular complexity index is 1190. The average Bonchev–Trinajstić information content (AvgIpc) is 3.46. The van der Waals surface area contributed by atoms with Crippen molar-refractivity contribution in [1.29, 1.82) is 0 Å². The Morgan fingerprint density at radius 2 is 1.97 bits per heavy atom. The summed E-state index contributed by atoms with van der Waals surface area (Å²) in [5.41, 5.74) is 3.05. The molecule has 0 bridgehead atoms. The largest absolute Gasteiger partial charge is 0.378 e. The van der Waals surface area contributed by atoms with Crippen molar-refractivity contribution in [1.82, 2.24) is 14.8 Å². The molecular formula is C23H22FN5O3S. The molecule has 10 heteroatoms. The number of benzene rings is 2. The Morgan fingerprint density at radius 1 is 1.12 bits per heavy atom. The number of thioether (sulfide) groups is 1. The standard InChI is InChI=1S/C23H22FN5O3S/c24-18-2-1-3-19(13-18)29-22(27-8-10-32-11-9-27)25-26-23(29)33-14-21(31)17-4-5-20-16(12-17)6-7-28(20)15-30/h1-5,12-13,15H,6-11,14H2. The van der Waals surface area contributed by atoms with Crippen molar-refractivity contribution in [2.45, 2.75) is 11.6 Å². The number of nitrogens with zero attached hydrogens (tertiary/aromatic N) is 5. The fourth-order valence-electron chi connectivity index (χ4n) is 4.09. The van der Waals surface area contributed by atoms with Gasteiger partial charge in [0, 0.05) is 30.9 Å². The molecule has 2 aliphatic rings. The molecular weight excluding hydrogens is 445 g/mol. The second-order valence-corrected chi connectivity index (χ2v) is 8.74. The number of hydrogen-bond donors (Lipinski definition) is 0. The van der Waals surface area contributed by atoms with Gasteiger partial charge in [-0.3, -0.25) is 14.2 Å². The third-order valence-electron chi connectivity index (χ3n) is 5.77. The van der Waals surface area contributed by atoms with Crippen LogP contribution < -0.4 is 9.80 Å². The number of ketones is 1. The van der Waals surface area contributed by atoms with Crippen LogP contribution in [0.25, 0.3) is 5.69 Å². The molecule has 5 rings (SSSR count). The molecule has 33 heavy (non-hydrogen) atoms. The molecule has 0 aliphatic carbocycles. The number of carbonyl (C=O) groups is 2. The Balaban J connectivity index is 1.39. The third kappa shape index (κ3) is 4.36. The van der Waals surface area contributed by atoms with Crippen molar-refractivity contribution < 1.29 is 18.7 Å². The molecule has 2 aliphatic heterocycles. The van der Waals surface area contributed by atoms with E-state index in [2.05, 4.69) is 10.2 Å². The summed E-state index contributed by atoms with van der Waals surface area (Å²) < 4.78 is 21.2. The molecule has 0 saturated carbocycles. The second kappa shape index (κ2) is 9.32. The van der Waals surface area contributed by atoms with Gasteiger partial charge in [-0.05, 0) is 48.4 Å². The molecule has 3 heterocycles. The van der Waals surface area contributed by atoms with E-state index in [1.165, 1.54) is 23.9 Å². The van der Waals surface area contributed by atoms with E-state index in [4.69, 9.17) is 4.74 Å². The minimum atomic E-state index is -0.358. The zero-order chi connectivity index (χ0) is 22.8. The number of morpholine rings is 1. The molecule has 1 aromatic heterocycles. The molecule has 3 aromatic rings. The summed E-state index contributed by atoms with van der Waals surface area (Å²) in [7, 11) is 0. The van der Waals surface area contributed by atoms with Crippen LogP contribution in [0.4, 0.5) is 16.0 Å².